The van der Waals surface area contributed by atoms with Crippen molar-refractivity contribution in [3.63, 3.8) is 0 Å². The van der Waals surface area contributed by atoms with E-state index >= 15 is 0 Å². The Balaban J connectivity index is 1.56. The van der Waals surface area contributed by atoms with Crippen molar-refractivity contribution in [2.75, 3.05) is 0 Å². The normalized spacial score (nSPS) is 48.3. The van der Waals surface area contributed by atoms with E-state index in [0.29, 0.717) is 23.5 Å². The van der Waals surface area contributed by atoms with Crippen LogP contribution in [-0.2, 0) is 11.2 Å². The molecule has 1 aliphatic heterocycles. The summed E-state index contributed by atoms with van der Waals surface area (Å²) in [4.78, 5) is 12.1. The Hall–Kier alpha value is -1.51. The van der Waals surface area contributed by atoms with Crippen LogP contribution >= 0.6 is 0 Å². The van der Waals surface area contributed by atoms with Crippen LogP contribution in [0.15, 0.2) is 18.2 Å². The van der Waals surface area contributed by atoms with Gasteiger partial charge >= 0.3 is 0 Å². The first-order valence-electron chi connectivity index (χ1n) is 11.6. The van der Waals surface area contributed by atoms with Crippen molar-refractivity contribution in [2.45, 2.75) is 84.7 Å². The maximum absolute atomic E-state index is 12.1. The highest BCUT2D eigenvalue weighted by molar-refractivity contribution is 5.60. The molecule has 3 fully saturated rings. The smallest absolute Gasteiger partial charge is 0.126 e. The third-order valence-electron chi connectivity index (χ3n) is 10.1. The molecule has 29 heavy (non-hydrogen) atoms. The second-order valence-corrected chi connectivity index (χ2v) is 11.6. The van der Waals surface area contributed by atoms with Gasteiger partial charge in [0.05, 0.1) is 0 Å². The zero-order chi connectivity index (χ0) is 20.7. The lowest BCUT2D eigenvalue weighted by Crippen LogP contribution is -2.65. The van der Waals surface area contributed by atoms with Crippen molar-refractivity contribution in [3.05, 3.63) is 23.8 Å². The number of hydrogen-bond acceptors (Lipinski definition) is 3. The average Bonchev–Trinajstić information content (AvgIpc) is 2.66. The first-order valence-corrected chi connectivity index (χ1v) is 11.6. The van der Waals surface area contributed by atoms with Gasteiger partial charge in [0.2, 0.25) is 0 Å². The van der Waals surface area contributed by atoms with Crippen molar-refractivity contribution in [3.8, 4) is 11.5 Å². The molecule has 3 heteroatoms. The number of rotatable bonds is 1. The number of fused-ring (bicyclic) bond motifs is 6. The lowest BCUT2D eigenvalue weighted by Gasteiger charge is -2.68. The molecule has 7 atom stereocenters. The number of aldehydes is 1. The van der Waals surface area contributed by atoms with Crippen LogP contribution in [0.1, 0.15) is 78.2 Å². The van der Waals surface area contributed by atoms with Crippen molar-refractivity contribution < 1.29 is 14.6 Å². The van der Waals surface area contributed by atoms with Crippen LogP contribution in [0.5, 0.6) is 11.5 Å². The minimum absolute atomic E-state index is 0.138. The van der Waals surface area contributed by atoms with E-state index in [2.05, 4.69) is 27.7 Å². The van der Waals surface area contributed by atoms with Gasteiger partial charge in [-0.2, -0.15) is 0 Å². The standard InChI is InChI=1S/C26H36O3/c1-23(16-27)10-5-11-24(2)20(23)8-12-25(3)21(24)9-13-26(4)22(25)15-17-14-18(28)6-7-19(17)29-26/h6-7,14,16,20-22,28H,5,8-13,15H2,1-4H3/t20-,21?,22+,23-,24+,25-,26+/m1/s1. The number of carbonyl (C=O) groups excluding carboxylic acids is 1. The number of hydrogen-bond donors (Lipinski definition) is 1. The fourth-order valence-electron chi connectivity index (χ4n) is 8.80. The zero-order valence-electron chi connectivity index (χ0n) is 18.5. The second-order valence-electron chi connectivity index (χ2n) is 11.6. The van der Waals surface area contributed by atoms with Gasteiger partial charge in [0.15, 0.2) is 0 Å². The van der Waals surface area contributed by atoms with Crippen LogP contribution in [0, 0.1) is 34.0 Å². The van der Waals surface area contributed by atoms with E-state index in [1.54, 1.807) is 6.07 Å². The Morgan fingerprint density at radius 1 is 0.966 bits per heavy atom. The Kier molecular flexibility index (Phi) is 4.04. The predicted molar refractivity (Wildman–Crippen MR) is 114 cm³/mol. The Bertz CT molecular complexity index is 848. The topological polar surface area (TPSA) is 46.5 Å². The van der Waals surface area contributed by atoms with E-state index in [1.165, 1.54) is 32.0 Å². The molecule has 1 aromatic rings. The van der Waals surface area contributed by atoms with Gasteiger partial charge in [-0.05, 0) is 98.3 Å². The SMILES string of the molecule is C[C@]1(C=O)CCC[C@]2(C)C3CC[C@]4(C)Oc5ccc(O)cc5C[C@H]4[C@]3(C)CC[C@H]12. The van der Waals surface area contributed by atoms with Gasteiger partial charge < -0.3 is 14.6 Å². The van der Waals surface area contributed by atoms with Gasteiger partial charge in [-0.1, -0.05) is 27.2 Å². The maximum atomic E-state index is 12.1. The number of carbonyl (C=O) groups is 1. The number of ether oxygens (including phenoxy) is 1. The molecule has 158 valence electrons. The Morgan fingerprint density at radius 2 is 1.69 bits per heavy atom. The summed E-state index contributed by atoms with van der Waals surface area (Å²) >= 11 is 0. The molecule has 0 saturated heterocycles. The summed E-state index contributed by atoms with van der Waals surface area (Å²) in [6.45, 7) is 9.57. The largest absolute Gasteiger partial charge is 0.508 e. The molecule has 0 bridgehead atoms. The summed E-state index contributed by atoms with van der Waals surface area (Å²) in [6, 6.07) is 5.58. The molecule has 3 aliphatic carbocycles. The predicted octanol–water partition coefficient (Wildman–Crippen LogP) is 5.92. The zero-order valence-corrected chi connectivity index (χ0v) is 18.5. The van der Waals surface area contributed by atoms with Crippen molar-refractivity contribution in [2.24, 2.45) is 34.0 Å². The summed E-state index contributed by atoms with van der Waals surface area (Å²) in [7, 11) is 0. The molecule has 3 saturated carbocycles. The molecule has 4 aliphatic rings. The molecule has 5 rings (SSSR count). The fourth-order valence-corrected chi connectivity index (χ4v) is 8.80. The molecular weight excluding hydrogens is 360 g/mol. The van der Waals surface area contributed by atoms with Crippen molar-refractivity contribution >= 4 is 6.29 Å². The number of aromatic hydroxyl groups is 1. The minimum Gasteiger partial charge on any atom is -0.508 e. The van der Waals surface area contributed by atoms with E-state index < -0.39 is 0 Å². The van der Waals surface area contributed by atoms with Gasteiger partial charge in [0.25, 0.3) is 0 Å². The van der Waals surface area contributed by atoms with E-state index in [0.717, 1.165) is 37.0 Å². The van der Waals surface area contributed by atoms with E-state index in [-0.39, 0.29) is 21.8 Å². The molecule has 1 heterocycles. The summed E-state index contributed by atoms with van der Waals surface area (Å²) in [5.74, 6) is 2.87. The summed E-state index contributed by atoms with van der Waals surface area (Å²) in [5, 5.41) is 10.0. The highest BCUT2D eigenvalue weighted by Crippen LogP contribution is 2.70. The molecule has 1 aromatic carbocycles. The van der Waals surface area contributed by atoms with Gasteiger partial charge in [0.1, 0.15) is 23.4 Å². The highest BCUT2D eigenvalue weighted by Gasteiger charge is 2.66. The summed E-state index contributed by atoms with van der Waals surface area (Å²) in [6.07, 6.45) is 10.4. The van der Waals surface area contributed by atoms with Crippen LogP contribution in [0.2, 0.25) is 0 Å². The molecule has 0 spiro atoms. The Morgan fingerprint density at radius 3 is 2.45 bits per heavy atom. The molecular formula is C26H36O3. The highest BCUT2D eigenvalue weighted by atomic mass is 16.5. The number of phenols is 1. The van der Waals surface area contributed by atoms with Crippen molar-refractivity contribution in [1.82, 2.24) is 0 Å². The number of benzene rings is 1. The molecule has 1 N–H and O–H groups in total. The molecule has 0 radical (unpaired) electrons. The monoisotopic (exact) mass is 396 g/mol. The third-order valence-corrected chi connectivity index (χ3v) is 10.1. The Labute approximate surface area is 175 Å². The van der Waals surface area contributed by atoms with Gasteiger partial charge in [0, 0.05) is 11.3 Å². The van der Waals surface area contributed by atoms with Crippen molar-refractivity contribution in [1.29, 1.82) is 0 Å². The van der Waals surface area contributed by atoms with E-state index in [4.69, 9.17) is 4.74 Å². The molecule has 1 unspecified atom stereocenters. The molecule has 0 amide bonds. The van der Waals surface area contributed by atoms with Gasteiger partial charge in [-0.3, -0.25) is 0 Å². The summed E-state index contributed by atoms with van der Waals surface area (Å²) < 4.78 is 6.66. The fraction of sp³-hybridized carbons (Fsp3) is 0.731. The lowest BCUT2D eigenvalue weighted by atomic mass is 9.37. The van der Waals surface area contributed by atoms with E-state index in [9.17, 15) is 9.90 Å². The van der Waals surface area contributed by atoms with Crippen LogP contribution < -0.4 is 4.74 Å². The van der Waals surface area contributed by atoms with Crippen LogP contribution in [0.25, 0.3) is 0 Å². The number of phenolic OH excluding ortho intramolecular Hbond substituents is 1. The minimum atomic E-state index is -0.156. The average molecular weight is 397 g/mol. The first kappa shape index (κ1) is 19.5. The first-order chi connectivity index (χ1) is 13.6. The van der Waals surface area contributed by atoms with Crippen LogP contribution in [0.4, 0.5) is 0 Å². The summed E-state index contributed by atoms with van der Waals surface area (Å²) in [5.41, 5.74) is 1.31. The quantitative estimate of drug-likeness (QED) is 0.599. The van der Waals surface area contributed by atoms with E-state index in [1.807, 2.05) is 12.1 Å². The van der Waals surface area contributed by atoms with Crippen LogP contribution in [0.3, 0.4) is 0 Å². The third kappa shape index (κ3) is 2.51. The molecule has 0 aromatic heterocycles. The maximum Gasteiger partial charge on any atom is 0.126 e. The lowest BCUT2D eigenvalue weighted by molar-refractivity contribution is -0.207. The van der Waals surface area contributed by atoms with Crippen LogP contribution in [-0.4, -0.2) is 17.0 Å². The van der Waals surface area contributed by atoms with Gasteiger partial charge in [-0.25, -0.2) is 0 Å². The molecule has 3 nitrogen and oxygen atoms in total. The second kappa shape index (κ2) is 6.02. The van der Waals surface area contributed by atoms with Gasteiger partial charge in [-0.15, -0.1) is 0 Å².